The molecule has 1 saturated heterocycles. The van der Waals surface area contributed by atoms with E-state index >= 15 is 0 Å². The molecule has 4 aliphatic rings. The lowest BCUT2D eigenvalue weighted by atomic mass is 9.88. The number of hydrogen-bond donors (Lipinski definition) is 1. The molecule has 8 heteroatoms. The maximum Gasteiger partial charge on any atom is 0.216 e. The number of nitrogens with one attached hydrogen (secondary N) is 1. The molecule has 0 radical (unpaired) electrons. The molecule has 1 N–H and O–H groups in total. The Morgan fingerprint density at radius 1 is 1.00 bits per heavy atom. The summed E-state index contributed by atoms with van der Waals surface area (Å²) >= 11 is 0. The predicted molar refractivity (Wildman–Crippen MR) is 118 cm³/mol. The Hall–Kier alpha value is -2.16. The average molecular weight is 410 g/mol. The number of fused-ring (bicyclic) bond motifs is 6. The molecule has 3 aliphatic heterocycles. The fourth-order valence-electron chi connectivity index (χ4n) is 5.44. The summed E-state index contributed by atoms with van der Waals surface area (Å²) < 4.78 is 7.96. The SMILES string of the molecule is c1ccc2c(c1)nc1n2C2(CCCCC2)NC2=NCN(CCN3CCOCC3)CN21. The van der Waals surface area contributed by atoms with E-state index in [9.17, 15) is 0 Å². The number of guanidine groups is 1. The second-order valence-corrected chi connectivity index (χ2v) is 8.99. The van der Waals surface area contributed by atoms with E-state index < -0.39 is 0 Å². The number of ether oxygens (including phenoxy) is 1. The van der Waals surface area contributed by atoms with Gasteiger partial charge in [-0.3, -0.25) is 19.3 Å². The maximum absolute atomic E-state index is 5.48. The number of hydrogen-bond acceptors (Lipinski definition) is 7. The van der Waals surface area contributed by atoms with Crippen LogP contribution in [0.15, 0.2) is 29.3 Å². The summed E-state index contributed by atoms with van der Waals surface area (Å²) in [6.07, 6.45) is 6.08. The van der Waals surface area contributed by atoms with Crippen LogP contribution in [0.5, 0.6) is 0 Å². The highest BCUT2D eigenvalue weighted by Gasteiger charge is 2.45. The first-order valence-electron chi connectivity index (χ1n) is 11.4. The van der Waals surface area contributed by atoms with Crippen LogP contribution in [0.2, 0.25) is 0 Å². The van der Waals surface area contributed by atoms with Gasteiger partial charge in [-0.15, -0.1) is 0 Å². The molecule has 2 aromatic rings. The van der Waals surface area contributed by atoms with Gasteiger partial charge in [0.05, 0.1) is 37.6 Å². The van der Waals surface area contributed by atoms with Gasteiger partial charge in [0.2, 0.25) is 11.9 Å². The van der Waals surface area contributed by atoms with Gasteiger partial charge >= 0.3 is 0 Å². The third-order valence-corrected chi connectivity index (χ3v) is 7.09. The molecule has 2 fully saturated rings. The molecule has 0 bridgehead atoms. The Morgan fingerprint density at radius 2 is 1.80 bits per heavy atom. The normalized spacial score (nSPS) is 24.4. The third kappa shape index (κ3) is 3.09. The largest absolute Gasteiger partial charge is 0.379 e. The fourth-order valence-corrected chi connectivity index (χ4v) is 5.44. The molecule has 1 aliphatic carbocycles. The van der Waals surface area contributed by atoms with Crippen molar-refractivity contribution in [2.75, 3.05) is 57.6 Å². The van der Waals surface area contributed by atoms with E-state index in [0.717, 1.165) is 83.0 Å². The van der Waals surface area contributed by atoms with Crippen LogP contribution in [0.3, 0.4) is 0 Å². The summed E-state index contributed by atoms with van der Waals surface area (Å²) in [6, 6.07) is 8.56. The number of nitrogens with zero attached hydrogens (tertiary/aromatic N) is 6. The van der Waals surface area contributed by atoms with Crippen molar-refractivity contribution in [3.05, 3.63) is 24.3 Å². The van der Waals surface area contributed by atoms with Crippen LogP contribution >= 0.6 is 0 Å². The standard InChI is InChI=1S/C22H31N7O/c1-4-8-22(9-5-1)25-20-23-16-27(11-10-26-12-14-30-15-13-26)17-28(20)21-24-18-6-2-3-7-19(18)29(21)22/h2-3,6-7H,1,4-5,8-17H2,(H,23,25). The third-order valence-electron chi connectivity index (χ3n) is 7.09. The van der Waals surface area contributed by atoms with Crippen molar-refractivity contribution in [2.45, 2.75) is 37.8 Å². The number of benzene rings is 1. The number of rotatable bonds is 3. The van der Waals surface area contributed by atoms with Crippen molar-refractivity contribution >= 4 is 22.9 Å². The minimum absolute atomic E-state index is 0.0883. The Kier molecular flexibility index (Phi) is 4.66. The topological polar surface area (TPSA) is 61.2 Å². The second kappa shape index (κ2) is 7.51. The molecule has 1 aromatic carbocycles. The van der Waals surface area contributed by atoms with Gasteiger partial charge in [0.15, 0.2) is 0 Å². The van der Waals surface area contributed by atoms with E-state index in [1.54, 1.807) is 0 Å². The van der Waals surface area contributed by atoms with Crippen LogP contribution in [0.4, 0.5) is 5.95 Å². The summed E-state index contributed by atoms with van der Waals surface area (Å²) in [5.41, 5.74) is 2.21. The highest BCUT2D eigenvalue weighted by molar-refractivity contribution is 5.99. The van der Waals surface area contributed by atoms with Crippen LogP contribution in [0, 0.1) is 0 Å². The van der Waals surface area contributed by atoms with Gasteiger partial charge in [-0.05, 0) is 37.8 Å². The number of anilines is 1. The Labute approximate surface area is 177 Å². The van der Waals surface area contributed by atoms with Crippen LogP contribution in [0.1, 0.15) is 32.1 Å². The van der Waals surface area contributed by atoms with Gasteiger partial charge in [0.25, 0.3) is 0 Å². The monoisotopic (exact) mass is 409 g/mol. The number of morpholine rings is 1. The molecule has 0 unspecified atom stereocenters. The second-order valence-electron chi connectivity index (χ2n) is 8.99. The minimum Gasteiger partial charge on any atom is -0.379 e. The van der Waals surface area contributed by atoms with Crippen molar-refractivity contribution in [1.29, 1.82) is 0 Å². The summed E-state index contributed by atoms with van der Waals surface area (Å²) in [5, 5.41) is 3.88. The molecule has 1 aromatic heterocycles. The molecule has 0 atom stereocenters. The lowest BCUT2D eigenvalue weighted by molar-refractivity contribution is 0.0333. The van der Waals surface area contributed by atoms with Crippen molar-refractivity contribution in [2.24, 2.45) is 4.99 Å². The van der Waals surface area contributed by atoms with Gasteiger partial charge < -0.3 is 10.1 Å². The summed E-state index contributed by atoms with van der Waals surface area (Å²) in [5.74, 6) is 2.05. The van der Waals surface area contributed by atoms with Crippen molar-refractivity contribution in [1.82, 2.24) is 24.7 Å². The average Bonchev–Trinajstić information content (AvgIpc) is 3.20. The Balaban J connectivity index is 1.31. The molecular weight excluding hydrogens is 378 g/mol. The van der Waals surface area contributed by atoms with E-state index in [-0.39, 0.29) is 5.66 Å². The van der Waals surface area contributed by atoms with E-state index in [2.05, 4.69) is 48.8 Å². The lowest BCUT2D eigenvalue weighted by Gasteiger charge is -2.49. The molecule has 0 amide bonds. The zero-order valence-corrected chi connectivity index (χ0v) is 17.6. The van der Waals surface area contributed by atoms with Crippen LogP contribution in [-0.4, -0.2) is 78.0 Å². The lowest BCUT2D eigenvalue weighted by Crippen LogP contribution is -2.65. The highest BCUT2D eigenvalue weighted by Crippen LogP contribution is 2.41. The molecular formula is C22H31N7O. The number of aromatic nitrogens is 2. The van der Waals surface area contributed by atoms with Gasteiger partial charge in [-0.2, -0.15) is 0 Å². The van der Waals surface area contributed by atoms with Crippen LogP contribution in [-0.2, 0) is 10.4 Å². The first-order valence-corrected chi connectivity index (χ1v) is 11.4. The molecule has 4 heterocycles. The van der Waals surface area contributed by atoms with Crippen molar-refractivity contribution in [3.63, 3.8) is 0 Å². The molecule has 1 saturated carbocycles. The van der Waals surface area contributed by atoms with E-state index in [0.29, 0.717) is 0 Å². The molecule has 8 nitrogen and oxygen atoms in total. The van der Waals surface area contributed by atoms with E-state index in [1.807, 2.05) is 0 Å². The van der Waals surface area contributed by atoms with Crippen LogP contribution in [0.25, 0.3) is 11.0 Å². The van der Waals surface area contributed by atoms with E-state index in [4.69, 9.17) is 14.7 Å². The summed E-state index contributed by atoms with van der Waals surface area (Å²) in [7, 11) is 0. The van der Waals surface area contributed by atoms with Crippen molar-refractivity contribution < 1.29 is 4.74 Å². The van der Waals surface area contributed by atoms with Gasteiger partial charge in [0.1, 0.15) is 5.66 Å². The fraction of sp³-hybridized carbons (Fsp3) is 0.636. The quantitative estimate of drug-likeness (QED) is 0.837. The van der Waals surface area contributed by atoms with Gasteiger partial charge in [0, 0.05) is 26.2 Å². The maximum atomic E-state index is 5.48. The minimum atomic E-state index is -0.0883. The summed E-state index contributed by atoms with van der Waals surface area (Å²) in [4.78, 5) is 17.3. The predicted octanol–water partition coefficient (Wildman–Crippen LogP) is 1.98. The summed E-state index contributed by atoms with van der Waals surface area (Å²) in [6.45, 7) is 7.43. The molecule has 1 spiro atoms. The zero-order valence-electron chi connectivity index (χ0n) is 17.6. The molecule has 6 rings (SSSR count). The Morgan fingerprint density at radius 3 is 2.67 bits per heavy atom. The molecule has 160 valence electrons. The Bertz CT molecular complexity index is 942. The number of para-hydroxylation sites is 2. The number of imidazole rings is 1. The highest BCUT2D eigenvalue weighted by atomic mass is 16.5. The van der Waals surface area contributed by atoms with E-state index in [1.165, 1.54) is 24.8 Å². The first-order chi connectivity index (χ1) is 14.8. The smallest absolute Gasteiger partial charge is 0.216 e. The zero-order chi connectivity index (χ0) is 20.0. The first kappa shape index (κ1) is 18.6. The number of aliphatic imine (C=N–C) groups is 1. The van der Waals surface area contributed by atoms with Gasteiger partial charge in [-0.25, -0.2) is 9.98 Å². The van der Waals surface area contributed by atoms with Crippen LogP contribution < -0.4 is 10.2 Å². The molecule has 30 heavy (non-hydrogen) atoms. The van der Waals surface area contributed by atoms with Crippen molar-refractivity contribution in [3.8, 4) is 0 Å². The van der Waals surface area contributed by atoms with Gasteiger partial charge in [-0.1, -0.05) is 18.6 Å².